The van der Waals surface area contributed by atoms with Crippen LogP contribution in [-0.2, 0) is 16.9 Å². The summed E-state index contributed by atoms with van der Waals surface area (Å²) in [5.41, 5.74) is 0.935. The van der Waals surface area contributed by atoms with Gasteiger partial charge in [0.1, 0.15) is 0 Å². The highest BCUT2D eigenvalue weighted by molar-refractivity contribution is 7.08. The van der Waals surface area contributed by atoms with E-state index in [1.54, 1.807) is 0 Å². The maximum Gasteiger partial charge on any atom is 0.261 e. The molecule has 1 aliphatic carbocycles. The Morgan fingerprint density at radius 2 is 1.67 bits per heavy atom. The highest BCUT2D eigenvalue weighted by Crippen LogP contribution is 2.51. The predicted molar refractivity (Wildman–Crippen MR) is 119 cm³/mol. The average Bonchev–Trinajstić information content (AvgIpc) is 3.17. The number of piperidine rings is 1. The smallest absolute Gasteiger partial charge is 0.261 e. The third kappa shape index (κ3) is 3.58. The Hall–Kier alpha value is -2.47. The van der Waals surface area contributed by atoms with Crippen molar-refractivity contribution in [1.82, 2.24) is 10.2 Å². The van der Waals surface area contributed by atoms with Crippen molar-refractivity contribution in [1.29, 1.82) is 0 Å². The van der Waals surface area contributed by atoms with Gasteiger partial charge in [0.15, 0.2) is 5.60 Å². The Balaban J connectivity index is 1.20. The van der Waals surface area contributed by atoms with E-state index in [1.165, 1.54) is 16.9 Å². The van der Waals surface area contributed by atoms with Gasteiger partial charge in [-0.05, 0) is 45.7 Å². The van der Waals surface area contributed by atoms with Crippen molar-refractivity contribution < 1.29 is 9.90 Å². The molecule has 2 fully saturated rings. The largest absolute Gasteiger partial charge is 0.372 e. The van der Waals surface area contributed by atoms with Gasteiger partial charge in [0.25, 0.3) is 5.91 Å². The summed E-state index contributed by atoms with van der Waals surface area (Å²) in [6.07, 6.45) is 0. The number of carbonyl (C=O) groups excluding carboxylic acids is 1. The van der Waals surface area contributed by atoms with Gasteiger partial charge in [-0.15, -0.1) is 0 Å². The lowest BCUT2D eigenvalue weighted by Crippen LogP contribution is -2.46. The summed E-state index contributed by atoms with van der Waals surface area (Å²) in [4.78, 5) is 15.7. The van der Waals surface area contributed by atoms with Crippen LogP contribution in [-0.4, -0.2) is 35.5 Å². The maximum absolute atomic E-state index is 13.2. The molecule has 1 saturated carbocycles. The fraction of sp³-hybridized carbons (Fsp3) is 0.320. The number of hydrogen-bond acceptors (Lipinski definition) is 4. The van der Waals surface area contributed by atoms with E-state index in [1.807, 2.05) is 47.2 Å². The lowest BCUT2D eigenvalue weighted by Gasteiger charge is -2.27. The molecule has 0 bridgehead atoms. The second-order valence-corrected chi connectivity index (χ2v) is 9.25. The zero-order valence-electron chi connectivity index (χ0n) is 16.8. The fourth-order valence-electron chi connectivity index (χ4n) is 4.93. The summed E-state index contributed by atoms with van der Waals surface area (Å²) < 4.78 is 0. The molecular weight excluding hydrogens is 392 g/mol. The lowest BCUT2D eigenvalue weighted by atomic mass is 9.87. The van der Waals surface area contributed by atoms with Crippen molar-refractivity contribution in [3.05, 3.63) is 94.2 Å². The van der Waals surface area contributed by atoms with Gasteiger partial charge in [-0.1, -0.05) is 60.7 Å². The molecule has 1 aliphatic heterocycles. The van der Waals surface area contributed by atoms with Gasteiger partial charge in [-0.3, -0.25) is 9.69 Å². The van der Waals surface area contributed by atoms with Crippen molar-refractivity contribution >= 4 is 17.2 Å². The molecular formula is C25H26N2O2S. The van der Waals surface area contributed by atoms with Crippen LogP contribution in [0.15, 0.2) is 77.5 Å². The van der Waals surface area contributed by atoms with E-state index < -0.39 is 5.60 Å². The Morgan fingerprint density at radius 3 is 2.30 bits per heavy atom. The summed E-state index contributed by atoms with van der Waals surface area (Å²) in [6, 6.07) is 21.6. The Kier molecular flexibility index (Phi) is 5.19. The first kappa shape index (κ1) is 19.5. The molecule has 2 N–H and O–H groups in total. The monoisotopic (exact) mass is 418 g/mol. The third-order valence-corrected chi connectivity index (χ3v) is 7.34. The molecule has 3 atom stereocenters. The molecule has 0 spiro atoms. The number of aliphatic hydroxyl groups is 1. The molecule has 3 unspecified atom stereocenters. The number of rotatable bonds is 7. The van der Waals surface area contributed by atoms with E-state index in [9.17, 15) is 9.90 Å². The van der Waals surface area contributed by atoms with Crippen LogP contribution < -0.4 is 5.32 Å². The summed E-state index contributed by atoms with van der Waals surface area (Å²) in [5.74, 6) is 1.49. The minimum atomic E-state index is -1.65. The lowest BCUT2D eigenvalue weighted by molar-refractivity contribution is -0.136. The predicted octanol–water partition coefficient (Wildman–Crippen LogP) is 3.48. The zero-order chi connectivity index (χ0) is 20.6. The fourth-order valence-corrected chi connectivity index (χ4v) is 5.63. The minimum Gasteiger partial charge on any atom is -0.372 e. The first-order valence-electron chi connectivity index (χ1n) is 10.5. The average molecular weight is 419 g/mol. The molecule has 0 radical (unpaired) electrons. The van der Waals surface area contributed by atoms with Crippen molar-refractivity contribution in [3.8, 4) is 0 Å². The number of fused-ring (bicyclic) bond motifs is 1. The first-order valence-corrected chi connectivity index (χ1v) is 11.5. The molecule has 1 aromatic heterocycles. The van der Waals surface area contributed by atoms with Gasteiger partial charge < -0.3 is 10.4 Å². The molecule has 2 aromatic carbocycles. The highest BCUT2D eigenvalue weighted by Gasteiger charge is 2.55. The second-order valence-electron chi connectivity index (χ2n) is 8.47. The summed E-state index contributed by atoms with van der Waals surface area (Å²) in [6.45, 7) is 3.81. The molecule has 3 aromatic rings. The van der Waals surface area contributed by atoms with Gasteiger partial charge in [0.2, 0.25) is 0 Å². The standard InChI is InChI=1S/C25H26N2O2S/c28-24(25(29,20-11-12-30-17-20)19-9-5-2-6-10-19)26-13-21-22-15-27(16-23(21)22)14-18-7-3-1-4-8-18/h1-12,17,21-23,29H,13-16H2,(H,26,28). The second kappa shape index (κ2) is 7.99. The zero-order valence-corrected chi connectivity index (χ0v) is 17.6. The molecule has 1 amide bonds. The quantitative estimate of drug-likeness (QED) is 0.618. The molecule has 4 nitrogen and oxygen atoms in total. The Labute approximate surface area is 181 Å². The van der Waals surface area contributed by atoms with Crippen molar-refractivity contribution in [2.45, 2.75) is 12.1 Å². The normalized spacial score (nSPS) is 24.8. The van der Waals surface area contributed by atoms with Crippen LogP contribution in [0, 0.1) is 17.8 Å². The van der Waals surface area contributed by atoms with Crippen molar-refractivity contribution in [2.24, 2.45) is 17.8 Å². The van der Waals surface area contributed by atoms with Gasteiger partial charge in [-0.25, -0.2) is 0 Å². The number of hydrogen-bond donors (Lipinski definition) is 2. The van der Waals surface area contributed by atoms with Crippen LogP contribution in [0.5, 0.6) is 0 Å². The topological polar surface area (TPSA) is 52.6 Å². The molecule has 2 aliphatic rings. The van der Waals surface area contributed by atoms with E-state index in [4.69, 9.17) is 0 Å². The molecule has 30 heavy (non-hydrogen) atoms. The molecule has 5 heteroatoms. The summed E-state index contributed by atoms with van der Waals surface area (Å²) >= 11 is 1.48. The van der Waals surface area contributed by atoms with Gasteiger partial charge in [0.05, 0.1) is 0 Å². The van der Waals surface area contributed by atoms with Crippen LogP contribution in [0.1, 0.15) is 16.7 Å². The van der Waals surface area contributed by atoms with Gasteiger partial charge in [-0.2, -0.15) is 11.3 Å². The SMILES string of the molecule is O=C(NCC1C2CN(Cc3ccccc3)CC12)C(O)(c1ccccc1)c1ccsc1. The van der Waals surface area contributed by atoms with Crippen molar-refractivity contribution in [2.75, 3.05) is 19.6 Å². The molecule has 1 saturated heterocycles. The third-order valence-electron chi connectivity index (χ3n) is 6.65. The summed E-state index contributed by atoms with van der Waals surface area (Å²) in [7, 11) is 0. The van der Waals surface area contributed by atoms with Gasteiger partial charge in [0, 0.05) is 31.7 Å². The highest BCUT2D eigenvalue weighted by atomic mass is 32.1. The molecule has 5 rings (SSSR count). The van der Waals surface area contributed by atoms with E-state index in [0.717, 1.165) is 19.6 Å². The van der Waals surface area contributed by atoms with Crippen LogP contribution in [0.4, 0.5) is 0 Å². The Bertz CT molecular complexity index is 981. The number of amides is 1. The maximum atomic E-state index is 13.2. The number of carbonyl (C=O) groups is 1. The summed E-state index contributed by atoms with van der Waals surface area (Å²) in [5, 5.41) is 18.2. The number of benzene rings is 2. The van der Waals surface area contributed by atoms with E-state index in [2.05, 4.69) is 40.5 Å². The van der Waals surface area contributed by atoms with Crippen LogP contribution in [0.2, 0.25) is 0 Å². The van der Waals surface area contributed by atoms with E-state index in [-0.39, 0.29) is 5.91 Å². The van der Waals surface area contributed by atoms with Crippen molar-refractivity contribution in [3.63, 3.8) is 0 Å². The number of thiophene rings is 1. The van der Waals surface area contributed by atoms with Crippen LogP contribution >= 0.6 is 11.3 Å². The first-order chi connectivity index (χ1) is 14.7. The number of likely N-dealkylation sites (tertiary alicyclic amines) is 1. The van der Waals surface area contributed by atoms with E-state index in [0.29, 0.717) is 35.4 Å². The molecule has 2 heterocycles. The molecule has 154 valence electrons. The minimum absolute atomic E-state index is 0.335. The number of nitrogens with one attached hydrogen (secondary N) is 1. The van der Waals surface area contributed by atoms with Gasteiger partial charge >= 0.3 is 0 Å². The van der Waals surface area contributed by atoms with Crippen LogP contribution in [0.3, 0.4) is 0 Å². The van der Waals surface area contributed by atoms with Crippen LogP contribution in [0.25, 0.3) is 0 Å². The van der Waals surface area contributed by atoms with E-state index >= 15 is 0 Å². The number of nitrogens with zero attached hydrogens (tertiary/aromatic N) is 1. The Morgan fingerprint density at radius 1 is 1.00 bits per heavy atom.